The molecule has 1 N–H and O–H groups in total. The minimum absolute atomic E-state index is 0.421. The van der Waals surface area contributed by atoms with E-state index < -0.39 is 6.10 Å². The van der Waals surface area contributed by atoms with Gasteiger partial charge in [0.1, 0.15) is 0 Å². The van der Waals surface area contributed by atoms with Crippen LogP contribution in [-0.2, 0) is 0 Å². The van der Waals surface area contributed by atoms with Gasteiger partial charge in [0.25, 0.3) is 0 Å². The fourth-order valence-electron chi connectivity index (χ4n) is 2.64. The smallest absolute Gasteiger partial charge is 0.0762 e. The van der Waals surface area contributed by atoms with Crippen LogP contribution in [0, 0.1) is 0 Å². The van der Waals surface area contributed by atoms with Gasteiger partial charge in [-0.2, -0.15) is 0 Å². The molecule has 19 heavy (non-hydrogen) atoms. The van der Waals surface area contributed by atoms with Crippen LogP contribution < -0.4 is 4.90 Å². The molecule has 0 radical (unpaired) electrons. The summed E-state index contributed by atoms with van der Waals surface area (Å²) >= 11 is 3.64. The SMILES string of the molecule is CC1CN(c2ccc([C@@H](C)O)cc2Br)CC(C)N1C. The molecule has 1 aliphatic rings. The second-order valence-corrected chi connectivity index (χ2v) is 6.51. The van der Waals surface area contributed by atoms with Gasteiger partial charge < -0.3 is 10.0 Å². The van der Waals surface area contributed by atoms with Gasteiger partial charge in [-0.25, -0.2) is 0 Å². The maximum Gasteiger partial charge on any atom is 0.0762 e. The van der Waals surface area contributed by atoms with Gasteiger partial charge in [0.05, 0.1) is 11.8 Å². The molecule has 4 heteroatoms. The maximum atomic E-state index is 9.63. The van der Waals surface area contributed by atoms with E-state index in [4.69, 9.17) is 0 Å². The van der Waals surface area contributed by atoms with E-state index in [1.54, 1.807) is 6.92 Å². The molecule has 1 aromatic carbocycles. The number of likely N-dealkylation sites (N-methyl/N-ethyl adjacent to an activating group) is 1. The van der Waals surface area contributed by atoms with E-state index in [0.29, 0.717) is 12.1 Å². The van der Waals surface area contributed by atoms with Gasteiger partial charge in [0, 0.05) is 29.6 Å². The molecule has 1 fully saturated rings. The fraction of sp³-hybridized carbons (Fsp3) is 0.600. The van der Waals surface area contributed by atoms with Crippen molar-refractivity contribution in [3.05, 3.63) is 28.2 Å². The van der Waals surface area contributed by atoms with Crippen LogP contribution in [0.4, 0.5) is 5.69 Å². The summed E-state index contributed by atoms with van der Waals surface area (Å²) in [5.74, 6) is 0. The average Bonchev–Trinajstić information content (AvgIpc) is 2.35. The Labute approximate surface area is 124 Å². The van der Waals surface area contributed by atoms with Gasteiger partial charge in [-0.1, -0.05) is 6.07 Å². The van der Waals surface area contributed by atoms with Crippen molar-refractivity contribution in [2.75, 3.05) is 25.0 Å². The Balaban J connectivity index is 2.23. The van der Waals surface area contributed by atoms with Crippen LogP contribution in [0.15, 0.2) is 22.7 Å². The maximum absolute atomic E-state index is 9.63. The minimum atomic E-state index is -0.421. The molecule has 0 bridgehead atoms. The fourth-order valence-corrected chi connectivity index (χ4v) is 3.29. The Hall–Kier alpha value is -0.580. The Morgan fingerprint density at radius 3 is 2.32 bits per heavy atom. The van der Waals surface area contributed by atoms with Crippen molar-refractivity contribution in [1.82, 2.24) is 4.90 Å². The van der Waals surface area contributed by atoms with Crippen LogP contribution in [0.2, 0.25) is 0 Å². The molecular formula is C15H23BrN2O. The van der Waals surface area contributed by atoms with Crippen LogP contribution in [-0.4, -0.2) is 42.2 Å². The molecule has 106 valence electrons. The van der Waals surface area contributed by atoms with Crippen molar-refractivity contribution < 1.29 is 5.11 Å². The summed E-state index contributed by atoms with van der Waals surface area (Å²) in [6.07, 6.45) is -0.421. The summed E-state index contributed by atoms with van der Waals surface area (Å²) < 4.78 is 1.06. The number of hydrogen-bond acceptors (Lipinski definition) is 3. The zero-order valence-electron chi connectivity index (χ0n) is 12.1. The summed E-state index contributed by atoms with van der Waals surface area (Å²) in [4.78, 5) is 4.85. The van der Waals surface area contributed by atoms with Gasteiger partial charge in [0.15, 0.2) is 0 Å². The molecule has 1 heterocycles. The first kappa shape index (κ1) is 14.8. The number of aliphatic hydroxyl groups excluding tert-OH is 1. The van der Waals surface area contributed by atoms with E-state index in [2.05, 4.69) is 52.7 Å². The van der Waals surface area contributed by atoms with Gasteiger partial charge >= 0.3 is 0 Å². The molecule has 0 aromatic heterocycles. The zero-order chi connectivity index (χ0) is 14.2. The first-order chi connectivity index (χ1) is 8.90. The van der Waals surface area contributed by atoms with Gasteiger partial charge in [0.2, 0.25) is 0 Å². The second kappa shape index (κ2) is 5.81. The highest BCUT2D eigenvalue weighted by molar-refractivity contribution is 9.10. The number of nitrogens with zero attached hydrogens (tertiary/aromatic N) is 2. The number of anilines is 1. The molecule has 0 aliphatic carbocycles. The quantitative estimate of drug-likeness (QED) is 0.904. The van der Waals surface area contributed by atoms with Crippen molar-refractivity contribution in [3.8, 4) is 0 Å². The zero-order valence-corrected chi connectivity index (χ0v) is 13.7. The van der Waals surface area contributed by atoms with Crippen molar-refractivity contribution in [1.29, 1.82) is 0 Å². The predicted octanol–water partition coefficient (Wildman–Crippen LogP) is 3.03. The first-order valence-electron chi connectivity index (χ1n) is 6.84. The first-order valence-corrected chi connectivity index (χ1v) is 7.64. The Bertz CT molecular complexity index is 438. The molecule has 2 rings (SSSR count). The summed E-state index contributed by atoms with van der Waals surface area (Å²) in [5, 5.41) is 9.63. The standard InChI is InChI=1S/C15H23BrN2O/c1-10-8-18(9-11(2)17(10)4)15-6-5-13(12(3)19)7-14(15)16/h5-7,10-12,19H,8-9H2,1-4H3/t10?,11?,12-/m1/s1. The molecule has 1 saturated heterocycles. The normalized spacial score (nSPS) is 26.5. The summed E-state index contributed by atoms with van der Waals surface area (Å²) in [6, 6.07) is 7.24. The van der Waals surface area contributed by atoms with Crippen LogP contribution in [0.1, 0.15) is 32.4 Å². The number of hydrogen-bond donors (Lipinski definition) is 1. The third-order valence-corrected chi connectivity index (χ3v) is 4.79. The number of benzene rings is 1. The second-order valence-electron chi connectivity index (χ2n) is 5.66. The molecule has 0 spiro atoms. The highest BCUT2D eigenvalue weighted by Gasteiger charge is 2.27. The highest BCUT2D eigenvalue weighted by Crippen LogP contribution is 2.31. The summed E-state index contributed by atoms with van der Waals surface area (Å²) in [5.41, 5.74) is 2.17. The molecule has 1 aliphatic heterocycles. The Kier molecular flexibility index (Phi) is 4.54. The van der Waals surface area contributed by atoms with Crippen molar-refractivity contribution in [2.24, 2.45) is 0 Å². The van der Waals surface area contributed by atoms with Gasteiger partial charge in [-0.05, 0) is 61.4 Å². The molecular weight excluding hydrogens is 304 g/mol. The number of piperazine rings is 1. The van der Waals surface area contributed by atoms with E-state index in [1.165, 1.54) is 5.69 Å². The number of halogens is 1. The van der Waals surface area contributed by atoms with Crippen molar-refractivity contribution >= 4 is 21.6 Å². The van der Waals surface area contributed by atoms with Crippen molar-refractivity contribution in [2.45, 2.75) is 39.0 Å². The number of aliphatic hydroxyl groups is 1. The van der Waals surface area contributed by atoms with Crippen LogP contribution in [0.25, 0.3) is 0 Å². The van der Waals surface area contributed by atoms with Gasteiger partial charge in [-0.3, -0.25) is 4.90 Å². The lowest BCUT2D eigenvalue weighted by Crippen LogP contribution is -2.55. The third kappa shape index (κ3) is 3.12. The molecule has 3 nitrogen and oxygen atoms in total. The molecule has 0 saturated carbocycles. The minimum Gasteiger partial charge on any atom is -0.389 e. The van der Waals surface area contributed by atoms with Crippen LogP contribution >= 0.6 is 15.9 Å². The van der Waals surface area contributed by atoms with E-state index in [1.807, 2.05) is 12.1 Å². The third-order valence-electron chi connectivity index (χ3n) is 4.15. The van der Waals surface area contributed by atoms with Crippen LogP contribution in [0.5, 0.6) is 0 Å². The number of rotatable bonds is 2. The Morgan fingerprint density at radius 2 is 1.84 bits per heavy atom. The Morgan fingerprint density at radius 1 is 1.26 bits per heavy atom. The van der Waals surface area contributed by atoms with Gasteiger partial charge in [-0.15, -0.1) is 0 Å². The molecule has 0 amide bonds. The molecule has 1 aromatic rings. The average molecular weight is 327 g/mol. The highest BCUT2D eigenvalue weighted by atomic mass is 79.9. The lowest BCUT2D eigenvalue weighted by Gasteiger charge is -2.43. The van der Waals surface area contributed by atoms with Crippen molar-refractivity contribution in [3.63, 3.8) is 0 Å². The summed E-state index contributed by atoms with van der Waals surface area (Å²) in [7, 11) is 2.19. The van der Waals surface area contributed by atoms with Crippen LogP contribution in [0.3, 0.4) is 0 Å². The van der Waals surface area contributed by atoms with E-state index in [-0.39, 0.29) is 0 Å². The molecule has 2 unspecified atom stereocenters. The lowest BCUT2D eigenvalue weighted by atomic mass is 10.1. The lowest BCUT2D eigenvalue weighted by molar-refractivity contribution is 0.170. The van der Waals surface area contributed by atoms with E-state index in [9.17, 15) is 5.11 Å². The monoisotopic (exact) mass is 326 g/mol. The molecule has 3 atom stereocenters. The predicted molar refractivity (Wildman–Crippen MR) is 83.7 cm³/mol. The topological polar surface area (TPSA) is 26.7 Å². The largest absolute Gasteiger partial charge is 0.389 e. The van der Waals surface area contributed by atoms with E-state index >= 15 is 0 Å². The van der Waals surface area contributed by atoms with E-state index in [0.717, 1.165) is 23.1 Å². The summed E-state index contributed by atoms with van der Waals surface area (Å²) in [6.45, 7) is 8.39.